The summed E-state index contributed by atoms with van der Waals surface area (Å²) in [6, 6.07) is 14.4. The molecule has 1 N–H and O–H groups in total. The summed E-state index contributed by atoms with van der Waals surface area (Å²) in [5.41, 5.74) is 1.15. The number of fused-ring (bicyclic) bond motifs is 1. The largest absolute Gasteiger partial charge is 0.494 e. The molecule has 29 heavy (non-hydrogen) atoms. The normalized spacial score (nSPS) is 11.8. The van der Waals surface area contributed by atoms with Gasteiger partial charge in [-0.25, -0.2) is 4.98 Å². The Hall–Kier alpha value is -3.06. The third-order valence-electron chi connectivity index (χ3n) is 4.22. The second-order valence-corrected chi connectivity index (χ2v) is 7.63. The summed E-state index contributed by atoms with van der Waals surface area (Å²) >= 11 is 1.25. The van der Waals surface area contributed by atoms with Gasteiger partial charge in [0.25, 0.3) is 5.56 Å². The van der Waals surface area contributed by atoms with Crippen molar-refractivity contribution < 1.29 is 9.53 Å². The summed E-state index contributed by atoms with van der Waals surface area (Å²) < 4.78 is 6.95. The fourth-order valence-corrected chi connectivity index (χ4v) is 3.70. The summed E-state index contributed by atoms with van der Waals surface area (Å²) in [5, 5.41) is 3.47. The zero-order valence-corrected chi connectivity index (χ0v) is 17.2. The third-order valence-corrected chi connectivity index (χ3v) is 5.31. The molecule has 0 bridgehead atoms. The summed E-state index contributed by atoms with van der Waals surface area (Å²) in [6.45, 7) is 8.34. The highest BCUT2D eigenvalue weighted by Gasteiger charge is 2.19. The number of carbonyl (C=O) groups excluding carboxylic acids is 1. The van der Waals surface area contributed by atoms with Crippen LogP contribution in [0.4, 0.5) is 5.69 Å². The van der Waals surface area contributed by atoms with Crippen LogP contribution in [-0.2, 0) is 11.3 Å². The van der Waals surface area contributed by atoms with Crippen molar-refractivity contribution in [2.45, 2.75) is 30.8 Å². The van der Waals surface area contributed by atoms with E-state index in [4.69, 9.17) is 4.74 Å². The maximum Gasteiger partial charge on any atom is 0.262 e. The SMILES string of the molecule is C=CCn1c(S[C@@H](C)C(=O)Nc2ccc(OCC)cc2)nc2ccccc2c1=O. The predicted octanol–water partition coefficient (Wildman–Crippen LogP) is 4.10. The highest BCUT2D eigenvalue weighted by molar-refractivity contribution is 8.00. The molecule has 0 fully saturated rings. The minimum atomic E-state index is -0.453. The molecule has 1 heterocycles. The van der Waals surface area contributed by atoms with Crippen molar-refractivity contribution in [3.63, 3.8) is 0 Å². The van der Waals surface area contributed by atoms with Gasteiger partial charge in [0.05, 0.1) is 22.8 Å². The second kappa shape index (κ2) is 9.43. The number of nitrogens with zero attached hydrogens (tertiary/aromatic N) is 2. The lowest BCUT2D eigenvalue weighted by Gasteiger charge is -2.15. The van der Waals surface area contributed by atoms with Gasteiger partial charge in [-0.2, -0.15) is 0 Å². The number of hydrogen-bond donors (Lipinski definition) is 1. The number of allylic oxidation sites excluding steroid dienone is 1. The molecule has 6 nitrogen and oxygen atoms in total. The number of carbonyl (C=O) groups is 1. The van der Waals surface area contributed by atoms with E-state index < -0.39 is 5.25 Å². The molecule has 0 saturated carbocycles. The van der Waals surface area contributed by atoms with Crippen LogP contribution in [0.3, 0.4) is 0 Å². The summed E-state index contributed by atoms with van der Waals surface area (Å²) in [5.74, 6) is 0.577. The summed E-state index contributed by atoms with van der Waals surface area (Å²) in [7, 11) is 0. The van der Waals surface area contributed by atoms with E-state index in [2.05, 4.69) is 16.9 Å². The van der Waals surface area contributed by atoms with Gasteiger partial charge in [-0.1, -0.05) is 30.0 Å². The van der Waals surface area contributed by atoms with Gasteiger partial charge in [0.15, 0.2) is 5.16 Å². The molecule has 0 aliphatic carbocycles. The molecule has 150 valence electrons. The van der Waals surface area contributed by atoms with Gasteiger partial charge in [0.2, 0.25) is 5.91 Å². The Bertz CT molecular complexity index is 1080. The second-order valence-electron chi connectivity index (χ2n) is 6.32. The highest BCUT2D eigenvalue weighted by atomic mass is 32.2. The van der Waals surface area contributed by atoms with Crippen molar-refractivity contribution in [3.8, 4) is 5.75 Å². The van der Waals surface area contributed by atoms with E-state index in [1.165, 1.54) is 11.8 Å². The number of hydrogen-bond acceptors (Lipinski definition) is 5. The van der Waals surface area contributed by atoms with E-state index in [0.717, 1.165) is 5.75 Å². The average molecular weight is 410 g/mol. The van der Waals surface area contributed by atoms with Crippen LogP contribution in [0.15, 0.2) is 71.1 Å². The van der Waals surface area contributed by atoms with E-state index in [-0.39, 0.29) is 11.5 Å². The third kappa shape index (κ3) is 4.86. The Kier molecular flexibility index (Phi) is 6.72. The first-order chi connectivity index (χ1) is 14.0. The molecular weight excluding hydrogens is 386 g/mol. The van der Waals surface area contributed by atoms with Gasteiger partial charge in [-0.05, 0) is 50.2 Å². The van der Waals surface area contributed by atoms with Crippen molar-refractivity contribution >= 4 is 34.3 Å². The monoisotopic (exact) mass is 409 g/mol. The number of para-hydroxylation sites is 1. The average Bonchev–Trinajstić information content (AvgIpc) is 2.72. The summed E-state index contributed by atoms with van der Waals surface area (Å²) in [6.07, 6.45) is 1.65. The standard InChI is InChI=1S/C22H23N3O3S/c1-4-14-25-21(27)18-8-6-7-9-19(18)24-22(25)29-15(3)20(26)23-16-10-12-17(13-11-16)28-5-2/h4,6-13,15H,1,5,14H2,2-3H3,(H,23,26)/t15-/m0/s1. The Morgan fingerprint density at radius 2 is 2.00 bits per heavy atom. The van der Waals surface area contributed by atoms with Crippen LogP contribution in [0.1, 0.15) is 13.8 Å². The molecule has 0 saturated heterocycles. The first-order valence-corrected chi connectivity index (χ1v) is 10.2. The molecule has 1 amide bonds. The van der Waals surface area contributed by atoms with E-state index in [0.29, 0.717) is 34.9 Å². The fourth-order valence-electron chi connectivity index (χ4n) is 2.78. The van der Waals surface area contributed by atoms with Gasteiger partial charge in [0, 0.05) is 12.2 Å². The van der Waals surface area contributed by atoms with E-state index >= 15 is 0 Å². The Balaban J connectivity index is 1.80. The first kappa shape index (κ1) is 20.7. The molecular formula is C22H23N3O3S. The van der Waals surface area contributed by atoms with Crippen molar-refractivity contribution in [2.75, 3.05) is 11.9 Å². The van der Waals surface area contributed by atoms with Crippen molar-refractivity contribution in [3.05, 3.63) is 71.5 Å². The minimum absolute atomic E-state index is 0.142. The number of aromatic nitrogens is 2. The fraction of sp³-hybridized carbons (Fsp3) is 0.227. The molecule has 7 heteroatoms. The number of benzene rings is 2. The van der Waals surface area contributed by atoms with Crippen LogP contribution < -0.4 is 15.6 Å². The maximum atomic E-state index is 12.8. The van der Waals surface area contributed by atoms with Crippen LogP contribution in [0, 0.1) is 0 Å². The molecule has 0 radical (unpaired) electrons. The molecule has 0 spiro atoms. The highest BCUT2D eigenvalue weighted by Crippen LogP contribution is 2.24. The zero-order chi connectivity index (χ0) is 20.8. The predicted molar refractivity (Wildman–Crippen MR) is 118 cm³/mol. The number of nitrogens with one attached hydrogen (secondary N) is 1. The van der Waals surface area contributed by atoms with Crippen molar-refractivity contribution in [2.24, 2.45) is 0 Å². The number of anilines is 1. The number of thioether (sulfide) groups is 1. The molecule has 3 aromatic rings. The van der Waals surface area contributed by atoms with Gasteiger partial charge < -0.3 is 10.1 Å². The Labute approximate surface area is 173 Å². The maximum absolute atomic E-state index is 12.8. The van der Waals surface area contributed by atoms with E-state index in [1.807, 2.05) is 31.2 Å². The van der Waals surface area contributed by atoms with Gasteiger partial charge in [-0.15, -0.1) is 6.58 Å². The molecule has 0 aliphatic heterocycles. The van der Waals surface area contributed by atoms with E-state index in [9.17, 15) is 9.59 Å². The molecule has 0 aliphatic rings. The Morgan fingerprint density at radius 1 is 1.28 bits per heavy atom. The molecule has 1 atom stereocenters. The topological polar surface area (TPSA) is 73.2 Å². The quantitative estimate of drug-likeness (QED) is 0.344. The van der Waals surface area contributed by atoms with Crippen molar-refractivity contribution in [1.82, 2.24) is 9.55 Å². The number of amides is 1. The van der Waals surface area contributed by atoms with E-state index in [1.54, 1.807) is 41.8 Å². The summed E-state index contributed by atoms with van der Waals surface area (Å²) in [4.78, 5) is 30.1. The smallest absolute Gasteiger partial charge is 0.262 e. The van der Waals surface area contributed by atoms with Crippen LogP contribution in [0.5, 0.6) is 5.75 Å². The van der Waals surface area contributed by atoms with Crippen LogP contribution in [0.2, 0.25) is 0 Å². The lowest BCUT2D eigenvalue weighted by atomic mass is 10.2. The molecule has 3 rings (SSSR count). The van der Waals surface area contributed by atoms with Crippen LogP contribution >= 0.6 is 11.8 Å². The van der Waals surface area contributed by atoms with Gasteiger partial charge in [0.1, 0.15) is 5.75 Å². The van der Waals surface area contributed by atoms with Gasteiger partial charge >= 0.3 is 0 Å². The molecule has 1 aromatic heterocycles. The molecule has 0 unspecified atom stereocenters. The van der Waals surface area contributed by atoms with Crippen LogP contribution in [0.25, 0.3) is 10.9 Å². The number of ether oxygens (including phenoxy) is 1. The lowest BCUT2D eigenvalue weighted by Crippen LogP contribution is -2.26. The van der Waals surface area contributed by atoms with Gasteiger partial charge in [-0.3, -0.25) is 14.2 Å². The Morgan fingerprint density at radius 3 is 2.69 bits per heavy atom. The van der Waals surface area contributed by atoms with Crippen molar-refractivity contribution in [1.29, 1.82) is 0 Å². The first-order valence-electron chi connectivity index (χ1n) is 9.34. The van der Waals surface area contributed by atoms with Crippen LogP contribution in [-0.4, -0.2) is 27.3 Å². The molecule has 2 aromatic carbocycles. The number of rotatable bonds is 8. The zero-order valence-electron chi connectivity index (χ0n) is 16.4. The lowest BCUT2D eigenvalue weighted by molar-refractivity contribution is -0.115. The minimum Gasteiger partial charge on any atom is -0.494 e.